The van der Waals surface area contributed by atoms with Crippen molar-refractivity contribution in [3.63, 3.8) is 0 Å². The van der Waals surface area contributed by atoms with E-state index in [4.69, 9.17) is 16.7 Å². The SMILES string of the molecule is O=C(O)Cc1cncc(Cl)c1C(F)F. The summed E-state index contributed by atoms with van der Waals surface area (Å²) in [5, 5.41) is 8.24. The fraction of sp³-hybridized carbons (Fsp3) is 0.250. The maximum atomic E-state index is 12.4. The summed E-state index contributed by atoms with van der Waals surface area (Å²) in [4.78, 5) is 13.9. The second-order valence-corrected chi connectivity index (χ2v) is 2.97. The predicted octanol–water partition coefficient (Wildman–Crippen LogP) is 2.30. The third-order valence-corrected chi connectivity index (χ3v) is 1.88. The summed E-state index contributed by atoms with van der Waals surface area (Å²) in [6, 6.07) is 0. The van der Waals surface area contributed by atoms with Gasteiger partial charge < -0.3 is 5.11 Å². The van der Waals surface area contributed by atoms with Gasteiger partial charge in [-0.25, -0.2) is 8.78 Å². The first kappa shape index (κ1) is 10.8. The van der Waals surface area contributed by atoms with Crippen molar-refractivity contribution in [1.29, 1.82) is 0 Å². The summed E-state index contributed by atoms with van der Waals surface area (Å²) in [5.74, 6) is -1.20. The van der Waals surface area contributed by atoms with Gasteiger partial charge in [-0.3, -0.25) is 9.78 Å². The van der Waals surface area contributed by atoms with E-state index >= 15 is 0 Å². The molecular weight excluding hydrogens is 216 g/mol. The van der Waals surface area contributed by atoms with E-state index in [2.05, 4.69) is 4.98 Å². The normalized spacial score (nSPS) is 10.6. The molecule has 0 atom stereocenters. The van der Waals surface area contributed by atoms with Crippen LogP contribution < -0.4 is 0 Å². The van der Waals surface area contributed by atoms with Gasteiger partial charge in [0.25, 0.3) is 6.43 Å². The molecule has 0 amide bonds. The Bertz CT molecular complexity index is 357. The first-order chi connectivity index (χ1) is 6.52. The second-order valence-electron chi connectivity index (χ2n) is 2.57. The van der Waals surface area contributed by atoms with Crippen LogP contribution in [0.15, 0.2) is 12.4 Å². The largest absolute Gasteiger partial charge is 0.481 e. The molecule has 0 aliphatic carbocycles. The Morgan fingerprint density at radius 2 is 2.21 bits per heavy atom. The van der Waals surface area contributed by atoms with E-state index in [1.807, 2.05) is 0 Å². The van der Waals surface area contributed by atoms with Crippen LogP contribution in [0.5, 0.6) is 0 Å². The molecule has 1 heterocycles. The summed E-state index contributed by atoms with van der Waals surface area (Å²) < 4.78 is 24.9. The molecule has 0 unspecified atom stereocenters. The number of nitrogens with zero attached hydrogens (tertiary/aromatic N) is 1. The number of aliphatic carboxylic acids is 1. The second kappa shape index (κ2) is 4.32. The lowest BCUT2D eigenvalue weighted by molar-refractivity contribution is -0.136. The van der Waals surface area contributed by atoms with Crippen LogP contribution in [0.2, 0.25) is 5.02 Å². The number of halogens is 3. The summed E-state index contributed by atoms with van der Waals surface area (Å²) in [6.45, 7) is 0. The number of carboxylic acid groups (broad SMARTS) is 1. The Morgan fingerprint density at radius 1 is 1.57 bits per heavy atom. The highest BCUT2D eigenvalue weighted by Crippen LogP contribution is 2.29. The summed E-state index contributed by atoms with van der Waals surface area (Å²) in [5.41, 5.74) is -0.510. The lowest BCUT2D eigenvalue weighted by atomic mass is 10.1. The van der Waals surface area contributed by atoms with Crippen molar-refractivity contribution in [2.45, 2.75) is 12.8 Å². The number of carboxylic acids is 1. The molecule has 6 heteroatoms. The van der Waals surface area contributed by atoms with Gasteiger partial charge in [-0.2, -0.15) is 0 Å². The van der Waals surface area contributed by atoms with Crippen LogP contribution in [0, 0.1) is 0 Å². The van der Waals surface area contributed by atoms with E-state index in [1.54, 1.807) is 0 Å². The molecule has 0 spiro atoms. The van der Waals surface area contributed by atoms with Crippen LogP contribution in [0.25, 0.3) is 0 Å². The fourth-order valence-corrected chi connectivity index (χ4v) is 1.29. The van der Waals surface area contributed by atoms with Gasteiger partial charge in [0.15, 0.2) is 0 Å². The predicted molar refractivity (Wildman–Crippen MR) is 45.5 cm³/mol. The maximum Gasteiger partial charge on any atom is 0.307 e. The Morgan fingerprint density at radius 3 is 2.71 bits per heavy atom. The number of pyridine rings is 1. The molecular formula is C8H6ClF2NO2. The molecule has 1 aromatic heterocycles. The molecule has 1 aromatic rings. The molecule has 0 fully saturated rings. The average molecular weight is 222 g/mol. The van der Waals surface area contributed by atoms with Crippen LogP contribution in [-0.4, -0.2) is 16.1 Å². The monoisotopic (exact) mass is 221 g/mol. The smallest absolute Gasteiger partial charge is 0.307 e. The maximum absolute atomic E-state index is 12.4. The van der Waals surface area contributed by atoms with Gasteiger partial charge in [0.2, 0.25) is 0 Å². The summed E-state index contributed by atoms with van der Waals surface area (Å²) in [7, 11) is 0. The standard InChI is InChI=1S/C8H6ClF2NO2/c9-5-3-12-2-4(1-6(13)14)7(5)8(10)11/h2-3,8H,1H2,(H,13,14). The Balaban J connectivity index is 3.14. The van der Waals surface area contributed by atoms with Gasteiger partial charge in [0, 0.05) is 18.0 Å². The first-order valence-corrected chi connectivity index (χ1v) is 4.02. The molecule has 3 nitrogen and oxygen atoms in total. The topological polar surface area (TPSA) is 50.2 Å². The fourth-order valence-electron chi connectivity index (χ4n) is 1.03. The minimum atomic E-state index is -2.79. The minimum Gasteiger partial charge on any atom is -0.481 e. The van der Waals surface area contributed by atoms with E-state index < -0.39 is 24.4 Å². The van der Waals surface area contributed by atoms with E-state index in [-0.39, 0.29) is 10.6 Å². The van der Waals surface area contributed by atoms with Crippen molar-refractivity contribution in [1.82, 2.24) is 4.98 Å². The van der Waals surface area contributed by atoms with Crippen molar-refractivity contribution in [3.8, 4) is 0 Å². The van der Waals surface area contributed by atoms with Gasteiger partial charge in [0.05, 0.1) is 11.4 Å². The van der Waals surface area contributed by atoms with Crippen LogP contribution in [0.3, 0.4) is 0 Å². The number of aromatic nitrogens is 1. The van der Waals surface area contributed by atoms with Crippen LogP contribution in [0.4, 0.5) is 8.78 Å². The lowest BCUT2D eigenvalue weighted by Gasteiger charge is -2.07. The van der Waals surface area contributed by atoms with Gasteiger partial charge in [-0.05, 0) is 5.56 Å². The first-order valence-electron chi connectivity index (χ1n) is 3.64. The molecule has 14 heavy (non-hydrogen) atoms. The highest BCUT2D eigenvalue weighted by atomic mass is 35.5. The van der Waals surface area contributed by atoms with E-state index in [9.17, 15) is 13.6 Å². The number of hydrogen-bond donors (Lipinski definition) is 1. The van der Waals surface area contributed by atoms with Gasteiger partial charge >= 0.3 is 5.97 Å². The molecule has 0 saturated heterocycles. The zero-order chi connectivity index (χ0) is 10.7. The summed E-state index contributed by atoms with van der Waals surface area (Å²) >= 11 is 5.47. The van der Waals surface area contributed by atoms with Crippen molar-refractivity contribution in [2.75, 3.05) is 0 Å². The molecule has 0 aromatic carbocycles. The van der Waals surface area contributed by atoms with Crippen molar-refractivity contribution < 1.29 is 18.7 Å². The Labute approximate surface area is 83.3 Å². The van der Waals surface area contributed by atoms with Crippen molar-refractivity contribution >= 4 is 17.6 Å². The van der Waals surface area contributed by atoms with Gasteiger partial charge in [-0.15, -0.1) is 0 Å². The van der Waals surface area contributed by atoms with Gasteiger partial charge in [-0.1, -0.05) is 11.6 Å². The third-order valence-electron chi connectivity index (χ3n) is 1.58. The molecule has 76 valence electrons. The molecule has 0 aliphatic heterocycles. The number of rotatable bonds is 3. The zero-order valence-corrected chi connectivity index (χ0v) is 7.63. The number of alkyl halides is 2. The third kappa shape index (κ3) is 2.38. The zero-order valence-electron chi connectivity index (χ0n) is 6.88. The molecule has 0 saturated carbocycles. The van der Waals surface area contributed by atoms with Gasteiger partial charge in [0.1, 0.15) is 0 Å². The van der Waals surface area contributed by atoms with E-state index in [0.717, 1.165) is 12.4 Å². The van der Waals surface area contributed by atoms with Crippen molar-refractivity contribution in [2.24, 2.45) is 0 Å². The van der Waals surface area contributed by atoms with Crippen LogP contribution >= 0.6 is 11.6 Å². The molecule has 0 aliphatic rings. The highest BCUT2D eigenvalue weighted by molar-refractivity contribution is 6.31. The number of hydrogen-bond acceptors (Lipinski definition) is 2. The molecule has 0 radical (unpaired) electrons. The van der Waals surface area contributed by atoms with E-state index in [1.165, 1.54) is 0 Å². The molecule has 1 rings (SSSR count). The highest BCUT2D eigenvalue weighted by Gasteiger charge is 2.18. The van der Waals surface area contributed by atoms with Crippen LogP contribution in [0.1, 0.15) is 17.6 Å². The quantitative estimate of drug-likeness (QED) is 0.852. The molecule has 1 N–H and O–H groups in total. The minimum absolute atomic E-state index is 0.0556. The Hall–Kier alpha value is -1.23. The number of carbonyl (C=O) groups is 1. The molecule has 0 bridgehead atoms. The average Bonchev–Trinajstić information content (AvgIpc) is 2.01. The summed E-state index contributed by atoms with van der Waals surface area (Å²) in [6.07, 6.45) is -1.15. The van der Waals surface area contributed by atoms with E-state index in [0.29, 0.717) is 0 Å². The lowest BCUT2D eigenvalue weighted by Crippen LogP contribution is -2.05. The van der Waals surface area contributed by atoms with Crippen LogP contribution in [-0.2, 0) is 11.2 Å². The Kier molecular flexibility index (Phi) is 3.35. The van der Waals surface area contributed by atoms with Crippen molar-refractivity contribution in [3.05, 3.63) is 28.5 Å².